The van der Waals surface area contributed by atoms with Crippen molar-refractivity contribution >= 4 is 16.4 Å². The molecule has 7 nitrogen and oxygen atoms in total. The van der Waals surface area contributed by atoms with Gasteiger partial charge >= 0.3 is 0 Å². The van der Waals surface area contributed by atoms with Crippen LogP contribution >= 0.6 is 0 Å². The second-order valence-electron chi connectivity index (χ2n) is 7.02. The third-order valence-corrected chi connectivity index (χ3v) is 4.72. The van der Waals surface area contributed by atoms with Gasteiger partial charge in [-0.15, -0.1) is 0 Å². The third-order valence-electron chi connectivity index (χ3n) is 4.72. The van der Waals surface area contributed by atoms with Gasteiger partial charge in [0.2, 0.25) is 5.88 Å². The molecule has 4 aromatic rings. The van der Waals surface area contributed by atoms with Crippen LogP contribution in [-0.4, -0.2) is 32.7 Å². The minimum absolute atomic E-state index is 0.104. The predicted molar refractivity (Wildman–Crippen MR) is 105 cm³/mol. The number of nitrogens with one attached hydrogen (secondary N) is 1. The summed E-state index contributed by atoms with van der Waals surface area (Å²) in [6.45, 7) is 6.83. The number of nitrogens with zero attached hydrogens (tertiary/aromatic N) is 3. The molecule has 0 aliphatic heterocycles. The number of H-pyrrole nitrogens is 1. The van der Waals surface area contributed by atoms with Crippen molar-refractivity contribution in [3.05, 3.63) is 47.8 Å². The molecule has 0 aliphatic rings. The number of rotatable bonds is 6. The van der Waals surface area contributed by atoms with E-state index in [2.05, 4.69) is 15.1 Å². The van der Waals surface area contributed by atoms with Crippen molar-refractivity contribution < 1.29 is 13.9 Å². The van der Waals surface area contributed by atoms with Crippen molar-refractivity contribution in [2.75, 3.05) is 13.2 Å². The highest BCUT2D eigenvalue weighted by molar-refractivity contribution is 5.83. The summed E-state index contributed by atoms with van der Waals surface area (Å²) in [5.74, 6) is 0.834. The largest absolute Gasteiger partial charge is 0.491 e. The first-order chi connectivity index (χ1) is 13.5. The van der Waals surface area contributed by atoms with Gasteiger partial charge < -0.3 is 20.2 Å². The molecule has 0 fully saturated rings. The Morgan fingerprint density at radius 2 is 2.11 bits per heavy atom. The van der Waals surface area contributed by atoms with E-state index in [0.29, 0.717) is 29.8 Å². The standard InChI is InChI=1S/C20H22FN5O2/c1-11(7-22)9-27-17-8-26-19(13(17)3)20(23-10-24-26)28-16-5-4-15-14(18(16)21)6-12(2)25-15/h4-6,8,10-11,25H,7,9,22H2,1-3H3. The van der Waals surface area contributed by atoms with Crippen LogP contribution in [0.1, 0.15) is 18.2 Å². The lowest BCUT2D eigenvalue weighted by Gasteiger charge is -2.10. The van der Waals surface area contributed by atoms with Gasteiger partial charge in [-0.1, -0.05) is 6.92 Å². The van der Waals surface area contributed by atoms with Crippen LogP contribution < -0.4 is 15.2 Å². The van der Waals surface area contributed by atoms with Crippen LogP contribution in [0.15, 0.2) is 30.7 Å². The van der Waals surface area contributed by atoms with Crippen LogP contribution in [0.5, 0.6) is 17.4 Å². The van der Waals surface area contributed by atoms with Crippen molar-refractivity contribution in [3.63, 3.8) is 0 Å². The van der Waals surface area contributed by atoms with E-state index >= 15 is 0 Å². The molecule has 3 N–H and O–H groups in total. The van der Waals surface area contributed by atoms with Crippen LogP contribution in [0.3, 0.4) is 0 Å². The number of hydrogen-bond acceptors (Lipinski definition) is 5. The van der Waals surface area contributed by atoms with Gasteiger partial charge in [0.15, 0.2) is 11.6 Å². The summed E-state index contributed by atoms with van der Waals surface area (Å²) < 4.78 is 28.2. The van der Waals surface area contributed by atoms with E-state index in [1.165, 1.54) is 6.33 Å². The molecule has 0 amide bonds. The van der Waals surface area contributed by atoms with Gasteiger partial charge in [-0.2, -0.15) is 10.1 Å². The molecular formula is C20H22FN5O2. The molecule has 0 spiro atoms. The van der Waals surface area contributed by atoms with Gasteiger partial charge in [0.1, 0.15) is 17.6 Å². The van der Waals surface area contributed by atoms with Gasteiger partial charge in [-0.05, 0) is 38.6 Å². The quantitative estimate of drug-likeness (QED) is 0.529. The predicted octanol–water partition coefficient (Wildman–Crippen LogP) is 3.73. The second-order valence-corrected chi connectivity index (χ2v) is 7.02. The maximum Gasteiger partial charge on any atom is 0.247 e. The molecule has 4 rings (SSSR count). The van der Waals surface area contributed by atoms with E-state index in [9.17, 15) is 4.39 Å². The number of ether oxygens (including phenoxy) is 2. The van der Waals surface area contributed by atoms with E-state index < -0.39 is 5.82 Å². The lowest BCUT2D eigenvalue weighted by Crippen LogP contribution is -2.18. The normalized spacial score (nSPS) is 12.6. The number of halogens is 1. The van der Waals surface area contributed by atoms with Crippen LogP contribution in [0.4, 0.5) is 4.39 Å². The minimum Gasteiger partial charge on any atom is -0.491 e. The Balaban J connectivity index is 1.71. The summed E-state index contributed by atoms with van der Waals surface area (Å²) >= 11 is 0. The highest BCUT2D eigenvalue weighted by Crippen LogP contribution is 2.34. The number of benzene rings is 1. The first-order valence-electron chi connectivity index (χ1n) is 9.09. The van der Waals surface area contributed by atoms with E-state index in [1.54, 1.807) is 28.9 Å². The lowest BCUT2D eigenvalue weighted by atomic mass is 10.2. The first-order valence-corrected chi connectivity index (χ1v) is 9.09. The maximum atomic E-state index is 14.9. The van der Waals surface area contributed by atoms with Crippen molar-refractivity contribution in [3.8, 4) is 17.4 Å². The number of fused-ring (bicyclic) bond motifs is 2. The molecular weight excluding hydrogens is 361 g/mol. The molecule has 1 unspecified atom stereocenters. The maximum absolute atomic E-state index is 14.9. The molecule has 1 aromatic carbocycles. The number of aromatic amines is 1. The van der Waals surface area contributed by atoms with Crippen molar-refractivity contribution in [2.24, 2.45) is 11.7 Å². The van der Waals surface area contributed by atoms with Crippen molar-refractivity contribution in [1.29, 1.82) is 0 Å². The minimum atomic E-state index is -0.434. The Morgan fingerprint density at radius 3 is 2.89 bits per heavy atom. The fourth-order valence-corrected chi connectivity index (χ4v) is 3.10. The van der Waals surface area contributed by atoms with Gasteiger partial charge in [0.25, 0.3) is 0 Å². The summed E-state index contributed by atoms with van der Waals surface area (Å²) in [7, 11) is 0. The molecule has 1 atom stereocenters. The van der Waals surface area contributed by atoms with E-state index in [0.717, 1.165) is 16.8 Å². The fourth-order valence-electron chi connectivity index (χ4n) is 3.10. The topological polar surface area (TPSA) is 90.5 Å². The van der Waals surface area contributed by atoms with Gasteiger partial charge in [-0.3, -0.25) is 0 Å². The summed E-state index contributed by atoms with van der Waals surface area (Å²) in [6.07, 6.45) is 3.13. The average Bonchev–Trinajstić information content (AvgIpc) is 3.22. The van der Waals surface area contributed by atoms with Crippen LogP contribution in [0, 0.1) is 25.6 Å². The summed E-state index contributed by atoms with van der Waals surface area (Å²) in [5, 5.41) is 4.69. The smallest absolute Gasteiger partial charge is 0.247 e. The number of aryl methyl sites for hydroxylation is 2. The fraction of sp³-hybridized carbons (Fsp3) is 0.300. The molecule has 0 radical (unpaired) electrons. The van der Waals surface area contributed by atoms with Gasteiger partial charge in [0, 0.05) is 28.1 Å². The van der Waals surface area contributed by atoms with Gasteiger partial charge in [0.05, 0.1) is 12.8 Å². The molecule has 8 heteroatoms. The molecule has 0 bridgehead atoms. The molecule has 28 heavy (non-hydrogen) atoms. The number of hydrogen-bond donors (Lipinski definition) is 2. The Morgan fingerprint density at radius 1 is 1.29 bits per heavy atom. The molecule has 3 aromatic heterocycles. The van der Waals surface area contributed by atoms with E-state index in [-0.39, 0.29) is 17.5 Å². The Hall–Kier alpha value is -3.13. The lowest BCUT2D eigenvalue weighted by molar-refractivity contribution is 0.262. The van der Waals surface area contributed by atoms with Crippen LogP contribution in [-0.2, 0) is 0 Å². The van der Waals surface area contributed by atoms with Crippen molar-refractivity contribution in [1.82, 2.24) is 19.6 Å². The molecule has 146 valence electrons. The third kappa shape index (κ3) is 3.16. The first kappa shape index (κ1) is 18.2. The molecule has 0 aliphatic carbocycles. The SMILES string of the molecule is Cc1cc2c(F)c(Oc3ncnn4cc(OCC(C)CN)c(C)c34)ccc2[nH]1. The molecule has 0 saturated carbocycles. The van der Waals surface area contributed by atoms with E-state index in [1.807, 2.05) is 20.8 Å². The van der Waals surface area contributed by atoms with Crippen LogP contribution in [0.2, 0.25) is 0 Å². The zero-order chi connectivity index (χ0) is 19.8. The number of nitrogens with two attached hydrogens (primary N) is 1. The monoisotopic (exact) mass is 383 g/mol. The molecule has 0 saturated heterocycles. The van der Waals surface area contributed by atoms with Crippen LogP contribution in [0.25, 0.3) is 16.4 Å². The van der Waals surface area contributed by atoms with Crippen molar-refractivity contribution in [2.45, 2.75) is 20.8 Å². The Labute approximate surface area is 161 Å². The Bertz CT molecular complexity index is 1150. The van der Waals surface area contributed by atoms with E-state index in [4.69, 9.17) is 15.2 Å². The average molecular weight is 383 g/mol. The summed E-state index contributed by atoms with van der Waals surface area (Å²) in [4.78, 5) is 7.32. The zero-order valence-corrected chi connectivity index (χ0v) is 16.0. The summed E-state index contributed by atoms with van der Waals surface area (Å²) in [6, 6.07) is 5.12. The summed E-state index contributed by atoms with van der Waals surface area (Å²) in [5.41, 5.74) is 8.70. The highest BCUT2D eigenvalue weighted by Gasteiger charge is 2.18. The van der Waals surface area contributed by atoms with Gasteiger partial charge in [-0.25, -0.2) is 8.91 Å². The number of aromatic nitrogens is 4. The zero-order valence-electron chi connectivity index (χ0n) is 16.0. The Kier molecular flexibility index (Phi) is 4.64. The second kappa shape index (κ2) is 7.12. The highest BCUT2D eigenvalue weighted by atomic mass is 19.1. The molecule has 3 heterocycles.